The Morgan fingerprint density at radius 1 is 1.14 bits per heavy atom. The lowest BCUT2D eigenvalue weighted by molar-refractivity contribution is 0.610. The van der Waals surface area contributed by atoms with Crippen molar-refractivity contribution >= 4 is 5.84 Å². The van der Waals surface area contributed by atoms with Gasteiger partial charge in [-0.05, 0) is 56.7 Å². The van der Waals surface area contributed by atoms with Crippen molar-refractivity contribution in [3.63, 3.8) is 0 Å². The zero-order valence-corrected chi connectivity index (χ0v) is 20.2. The number of hydrogen-bond acceptors (Lipinski definition) is 5. The van der Waals surface area contributed by atoms with Crippen LogP contribution >= 0.6 is 0 Å². The number of amidine groups is 1. The predicted octanol–water partition coefficient (Wildman–Crippen LogP) is 4.15. The first-order valence-electron chi connectivity index (χ1n) is 11.6. The van der Waals surface area contributed by atoms with Gasteiger partial charge in [-0.1, -0.05) is 18.1 Å². The second kappa shape index (κ2) is 8.90. The number of aliphatic imine (C=N–C) groups is 1. The van der Waals surface area contributed by atoms with Crippen LogP contribution in [0.2, 0.25) is 0 Å². The third kappa shape index (κ3) is 3.59. The molecule has 1 aromatic carbocycles. The first kappa shape index (κ1) is 23.2. The van der Waals surface area contributed by atoms with E-state index in [-0.39, 0.29) is 17.0 Å². The second-order valence-electron chi connectivity index (χ2n) is 8.64. The molecule has 7 heteroatoms. The molecule has 1 aliphatic heterocycles. The Labute approximate surface area is 208 Å². The molecule has 0 saturated heterocycles. The highest BCUT2D eigenvalue weighted by atomic mass is 19.1. The highest BCUT2D eigenvalue weighted by molar-refractivity contribution is 6.03. The minimum absolute atomic E-state index is 0.0823. The molecule has 1 atom stereocenters. The quantitative estimate of drug-likeness (QED) is 0.448. The topological polar surface area (TPSA) is 86.2 Å². The van der Waals surface area contributed by atoms with Gasteiger partial charge >= 0.3 is 0 Å². The van der Waals surface area contributed by atoms with Gasteiger partial charge in [-0.25, -0.2) is 9.38 Å². The van der Waals surface area contributed by atoms with Crippen LogP contribution in [0, 0.1) is 24.6 Å². The van der Waals surface area contributed by atoms with Gasteiger partial charge in [0.2, 0.25) is 0 Å². The molecule has 4 aromatic rings. The fourth-order valence-electron chi connectivity index (χ4n) is 4.81. The summed E-state index contributed by atoms with van der Waals surface area (Å²) < 4.78 is 16.6. The lowest BCUT2D eigenvalue weighted by atomic mass is 9.77. The van der Waals surface area contributed by atoms with Gasteiger partial charge in [0, 0.05) is 59.1 Å². The number of hydrogen-bond donors (Lipinski definition) is 1. The Bertz CT molecular complexity index is 1660. The lowest BCUT2D eigenvalue weighted by Crippen LogP contribution is -2.30. The van der Waals surface area contributed by atoms with Crippen molar-refractivity contribution in [1.82, 2.24) is 14.5 Å². The van der Waals surface area contributed by atoms with Crippen LogP contribution in [0.25, 0.3) is 11.3 Å². The van der Waals surface area contributed by atoms with E-state index in [0.29, 0.717) is 23.4 Å². The van der Waals surface area contributed by atoms with E-state index in [4.69, 9.17) is 10.7 Å². The molecule has 1 aliphatic rings. The van der Waals surface area contributed by atoms with Gasteiger partial charge in [0.1, 0.15) is 17.2 Å². The van der Waals surface area contributed by atoms with Crippen molar-refractivity contribution < 1.29 is 4.39 Å². The normalized spacial score (nSPS) is 16.2. The van der Waals surface area contributed by atoms with E-state index in [1.54, 1.807) is 49.3 Å². The maximum Gasteiger partial charge on any atom is 0.253 e. The predicted molar refractivity (Wildman–Crippen MR) is 138 cm³/mol. The van der Waals surface area contributed by atoms with Crippen molar-refractivity contribution in [3.05, 3.63) is 117 Å². The van der Waals surface area contributed by atoms with E-state index in [1.807, 2.05) is 37.3 Å². The number of halogens is 1. The van der Waals surface area contributed by atoms with Crippen molar-refractivity contribution in [3.8, 4) is 23.1 Å². The van der Waals surface area contributed by atoms with E-state index in [1.165, 1.54) is 6.07 Å². The first-order valence-corrected chi connectivity index (χ1v) is 11.6. The zero-order valence-electron chi connectivity index (χ0n) is 20.2. The second-order valence-corrected chi connectivity index (χ2v) is 8.64. The number of fused-ring (bicyclic) bond motifs is 1. The molecular formula is C29H24FN5O. The van der Waals surface area contributed by atoms with E-state index in [0.717, 1.165) is 22.3 Å². The number of pyridine rings is 3. The third-order valence-corrected chi connectivity index (χ3v) is 6.45. The molecule has 0 fully saturated rings. The Kier molecular flexibility index (Phi) is 5.73. The largest absolute Gasteiger partial charge is 0.383 e. The Morgan fingerprint density at radius 3 is 2.75 bits per heavy atom. The summed E-state index contributed by atoms with van der Waals surface area (Å²) in [5, 5.41) is 0. The molecule has 0 radical (unpaired) electrons. The number of nitrogens with zero attached hydrogens (tertiary/aromatic N) is 4. The third-order valence-electron chi connectivity index (χ3n) is 6.45. The summed E-state index contributed by atoms with van der Waals surface area (Å²) in [6, 6.07) is 12.3. The van der Waals surface area contributed by atoms with E-state index >= 15 is 4.39 Å². The fourth-order valence-corrected chi connectivity index (χ4v) is 4.81. The standard InChI is InChI=1S/C29H24FN5O/c1-4-7-19-13-20(16-32-15-19)25-14-21(10-11-33-25)29(22-12-18(3)28(36)35(5-2)17-22)23-8-6-9-24(30)26(23)27(31)34-29/h6,8-17H,5H2,1-3H3,(H2,31,34)/t29-/m1/s1. The number of rotatable bonds is 4. The van der Waals surface area contributed by atoms with Crippen molar-refractivity contribution in [2.24, 2.45) is 10.7 Å². The molecule has 0 saturated carbocycles. The molecule has 2 N–H and O–H groups in total. The average molecular weight is 478 g/mol. The Hall–Kier alpha value is -4.57. The minimum Gasteiger partial charge on any atom is -0.383 e. The van der Waals surface area contributed by atoms with Gasteiger partial charge in [0.25, 0.3) is 5.56 Å². The molecule has 0 amide bonds. The average Bonchev–Trinajstić information content (AvgIpc) is 3.20. The monoisotopic (exact) mass is 477 g/mol. The molecule has 4 heterocycles. The van der Waals surface area contributed by atoms with Crippen LogP contribution in [0.15, 0.2) is 77.0 Å². The fraction of sp³-hybridized carbons (Fsp3) is 0.172. The molecular weight excluding hydrogens is 453 g/mol. The molecule has 3 aromatic heterocycles. The Balaban J connectivity index is 1.82. The summed E-state index contributed by atoms with van der Waals surface area (Å²) in [4.78, 5) is 26.5. The van der Waals surface area contributed by atoms with E-state index in [9.17, 15) is 4.79 Å². The smallest absolute Gasteiger partial charge is 0.253 e. The number of benzene rings is 1. The molecule has 36 heavy (non-hydrogen) atoms. The molecule has 0 unspecified atom stereocenters. The van der Waals surface area contributed by atoms with E-state index < -0.39 is 11.4 Å². The summed E-state index contributed by atoms with van der Waals surface area (Å²) in [6.07, 6.45) is 6.89. The number of aryl methyl sites for hydroxylation is 2. The summed E-state index contributed by atoms with van der Waals surface area (Å²) in [5.41, 5.74) is 10.2. The van der Waals surface area contributed by atoms with Crippen LogP contribution in [-0.4, -0.2) is 20.4 Å². The van der Waals surface area contributed by atoms with Crippen LogP contribution in [0.4, 0.5) is 4.39 Å². The van der Waals surface area contributed by atoms with Gasteiger partial charge in [-0.2, -0.15) is 0 Å². The summed E-state index contributed by atoms with van der Waals surface area (Å²) in [6.45, 7) is 5.93. The number of aromatic nitrogens is 3. The lowest BCUT2D eigenvalue weighted by Gasteiger charge is -2.30. The first-order chi connectivity index (χ1) is 17.4. The van der Waals surface area contributed by atoms with Crippen LogP contribution < -0.4 is 11.3 Å². The summed E-state index contributed by atoms with van der Waals surface area (Å²) >= 11 is 0. The molecule has 6 nitrogen and oxygen atoms in total. The number of nitrogens with two attached hydrogens (primary N) is 1. The van der Waals surface area contributed by atoms with Crippen LogP contribution in [0.1, 0.15) is 47.2 Å². The van der Waals surface area contributed by atoms with Crippen molar-refractivity contribution in [2.45, 2.75) is 32.9 Å². The zero-order chi connectivity index (χ0) is 25.4. The van der Waals surface area contributed by atoms with Gasteiger partial charge < -0.3 is 10.3 Å². The molecule has 5 rings (SSSR count). The maximum atomic E-state index is 15.0. The van der Waals surface area contributed by atoms with Crippen LogP contribution in [-0.2, 0) is 12.1 Å². The SMILES string of the molecule is CC#Cc1cncc(-c2cc([C@]3(c4cc(C)c(=O)n(CC)c4)N=C(N)c4c(F)cccc43)ccn2)c1. The van der Waals surface area contributed by atoms with E-state index in [2.05, 4.69) is 21.8 Å². The highest BCUT2D eigenvalue weighted by Crippen LogP contribution is 2.46. The molecule has 0 spiro atoms. The van der Waals surface area contributed by atoms with Crippen molar-refractivity contribution in [2.75, 3.05) is 0 Å². The Morgan fingerprint density at radius 2 is 1.97 bits per heavy atom. The molecule has 0 bridgehead atoms. The maximum absolute atomic E-state index is 15.0. The molecule has 178 valence electrons. The van der Waals surface area contributed by atoms with Gasteiger partial charge in [-0.3, -0.25) is 14.8 Å². The van der Waals surface area contributed by atoms with Crippen molar-refractivity contribution in [1.29, 1.82) is 0 Å². The summed E-state index contributed by atoms with van der Waals surface area (Å²) in [5.74, 6) is 5.56. The highest BCUT2D eigenvalue weighted by Gasteiger charge is 2.44. The van der Waals surface area contributed by atoms with Gasteiger partial charge in [-0.15, -0.1) is 5.92 Å². The summed E-state index contributed by atoms with van der Waals surface area (Å²) in [7, 11) is 0. The van der Waals surface area contributed by atoms with Gasteiger partial charge in [0.05, 0.1) is 11.3 Å². The van der Waals surface area contributed by atoms with Gasteiger partial charge in [0.15, 0.2) is 0 Å². The molecule has 0 aliphatic carbocycles. The minimum atomic E-state index is -1.16. The van der Waals surface area contributed by atoms with Crippen LogP contribution in [0.3, 0.4) is 0 Å². The van der Waals surface area contributed by atoms with Crippen LogP contribution in [0.5, 0.6) is 0 Å².